The molecule has 1 saturated heterocycles. The number of imidazole rings is 1. The number of aromatic nitrogens is 9. The third kappa shape index (κ3) is 5.65. The van der Waals surface area contributed by atoms with E-state index in [2.05, 4.69) is 44.9 Å². The molecule has 11 rings (SSSR count). The van der Waals surface area contributed by atoms with Crippen molar-refractivity contribution in [2.45, 2.75) is 71.0 Å². The maximum absolute atomic E-state index is 15.5. The number of amides is 1. The Kier molecular flexibility index (Phi) is 8.52. The molecule has 8 aromatic rings. The van der Waals surface area contributed by atoms with Crippen LogP contribution in [0.1, 0.15) is 83.8 Å². The van der Waals surface area contributed by atoms with Crippen LogP contribution in [0.2, 0.25) is 0 Å². The number of hydrogen-bond acceptors (Lipinski definition) is 8. The Hall–Kier alpha value is -6.81. The first kappa shape index (κ1) is 38.1. The van der Waals surface area contributed by atoms with Crippen LogP contribution < -0.4 is 11.4 Å². The highest BCUT2D eigenvalue weighted by molar-refractivity contribution is 6.00. The summed E-state index contributed by atoms with van der Waals surface area (Å²) < 4.78 is 34.7. The van der Waals surface area contributed by atoms with Gasteiger partial charge in [-0.25, -0.2) is 14.0 Å². The van der Waals surface area contributed by atoms with Gasteiger partial charge in [-0.1, -0.05) is 18.1 Å². The zero-order chi connectivity index (χ0) is 42.8. The van der Waals surface area contributed by atoms with Gasteiger partial charge in [-0.2, -0.15) is 10.2 Å². The summed E-state index contributed by atoms with van der Waals surface area (Å²) in [5.41, 5.74) is 6.23. The zero-order valence-electron chi connectivity index (χ0n) is 35.1. The molecule has 7 heterocycles. The highest BCUT2D eigenvalue weighted by Crippen LogP contribution is 2.56. The van der Waals surface area contributed by atoms with Gasteiger partial charge < -0.3 is 14.2 Å². The summed E-state index contributed by atoms with van der Waals surface area (Å²) >= 11 is 0. The highest BCUT2D eigenvalue weighted by Gasteiger charge is 2.59. The molecule has 5 aromatic heterocycles. The van der Waals surface area contributed by atoms with E-state index >= 15 is 9.18 Å². The minimum atomic E-state index is -0.814. The molecule has 1 N–H and O–H groups in total. The molecule has 62 heavy (non-hydrogen) atoms. The summed E-state index contributed by atoms with van der Waals surface area (Å²) in [6.45, 7) is 9.56. The Morgan fingerprint density at radius 1 is 0.919 bits per heavy atom. The molecule has 316 valence electrons. The number of halogens is 1. The summed E-state index contributed by atoms with van der Waals surface area (Å²) in [6, 6.07) is 17.0. The number of nitrogens with one attached hydrogen (secondary N) is 1. The number of H-pyrrole nitrogens is 1. The lowest BCUT2D eigenvalue weighted by Gasteiger charge is -2.35. The van der Waals surface area contributed by atoms with Gasteiger partial charge in [-0.05, 0) is 117 Å². The van der Waals surface area contributed by atoms with Crippen LogP contribution in [0.15, 0.2) is 87.3 Å². The molecule has 3 atom stereocenters. The van der Waals surface area contributed by atoms with Crippen LogP contribution in [0, 0.1) is 25.6 Å². The Labute approximate surface area is 353 Å². The monoisotopic (exact) mass is 836 g/mol. The third-order valence-electron chi connectivity index (χ3n) is 13.6. The topological polar surface area (TPSA) is 156 Å². The second-order valence-corrected chi connectivity index (χ2v) is 17.3. The lowest BCUT2D eigenvalue weighted by atomic mass is 9.91. The molecule has 0 radical (unpaired) electrons. The number of fused-ring (bicyclic) bond motifs is 3. The van der Waals surface area contributed by atoms with Crippen molar-refractivity contribution in [3.8, 4) is 22.6 Å². The molecular formula is C46H45FN10O5. The lowest BCUT2D eigenvalue weighted by Crippen LogP contribution is -2.43. The van der Waals surface area contributed by atoms with Gasteiger partial charge in [-0.3, -0.25) is 32.8 Å². The summed E-state index contributed by atoms with van der Waals surface area (Å²) in [4.78, 5) is 47.1. The minimum absolute atomic E-state index is 0.0346. The van der Waals surface area contributed by atoms with Crippen molar-refractivity contribution >= 4 is 27.7 Å². The molecule has 1 aliphatic carbocycles. The maximum atomic E-state index is 15.5. The van der Waals surface area contributed by atoms with E-state index in [1.807, 2.05) is 47.8 Å². The molecule has 1 saturated carbocycles. The van der Waals surface area contributed by atoms with E-state index in [1.165, 1.54) is 5.56 Å². The first-order valence-electron chi connectivity index (χ1n) is 21.1. The fourth-order valence-electron chi connectivity index (χ4n) is 10.3. The number of carbonyl (C=O) groups is 1. The van der Waals surface area contributed by atoms with E-state index < -0.39 is 17.3 Å². The van der Waals surface area contributed by atoms with E-state index in [0.717, 1.165) is 34.6 Å². The standard InChI is InChI=1S/C46H45FN10O5/c1-25-18-32(19-26(2)38(25)47)39-41(55-13-12-54(45(55)60)34-7-9-35-33(21-34)24-48-52(35)5)40-28(4)53(14-15-56(40)50-39)42(58)37-22-31-20-30(29-10-16-61-17-11-29)6-8-36(31)57(37)46(23-27(46)3)43-49-44(59)62-51-43/h6-9,12-13,18-22,24,27-29H,10-11,14-17,23H2,1-5H3,(H,49,51,59). The number of aromatic amines is 1. The molecule has 2 fully saturated rings. The van der Waals surface area contributed by atoms with Crippen molar-refractivity contribution in [3.05, 3.63) is 134 Å². The van der Waals surface area contributed by atoms with Crippen LogP contribution in [0.4, 0.5) is 4.39 Å². The molecule has 16 heteroatoms. The second-order valence-electron chi connectivity index (χ2n) is 17.3. The summed E-state index contributed by atoms with van der Waals surface area (Å²) in [5, 5.41) is 15.5. The van der Waals surface area contributed by atoms with Crippen molar-refractivity contribution in [1.29, 1.82) is 0 Å². The van der Waals surface area contributed by atoms with Crippen LogP contribution >= 0.6 is 0 Å². The molecular weight excluding hydrogens is 792 g/mol. The van der Waals surface area contributed by atoms with Crippen LogP contribution in [0.3, 0.4) is 0 Å². The summed E-state index contributed by atoms with van der Waals surface area (Å²) in [6.07, 6.45) is 7.70. The quantitative estimate of drug-likeness (QED) is 0.187. The van der Waals surface area contributed by atoms with Crippen LogP contribution in [0.5, 0.6) is 0 Å². The molecule has 0 spiro atoms. The molecule has 3 aliphatic rings. The van der Waals surface area contributed by atoms with Crippen LogP contribution in [0.25, 0.3) is 44.4 Å². The van der Waals surface area contributed by atoms with Gasteiger partial charge in [0.25, 0.3) is 5.91 Å². The number of carbonyl (C=O) groups excluding carboxylic acids is 1. The van der Waals surface area contributed by atoms with Crippen LogP contribution in [-0.2, 0) is 23.9 Å². The number of aryl methyl sites for hydroxylation is 3. The number of benzene rings is 3. The minimum Gasteiger partial charge on any atom is -0.381 e. The Morgan fingerprint density at radius 3 is 2.39 bits per heavy atom. The Morgan fingerprint density at radius 2 is 1.66 bits per heavy atom. The lowest BCUT2D eigenvalue weighted by molar-refractivity contribution is 0.0623. The number of nitrogens with zero attached hydrogens (tertiary/aromatic N) is 9. The van der Waals surface area contributed by atoms with Gasteiger partial charge in [0.2, 0.25) is 0 Å². The van der Waals surface area contributed by atoms with Gasteiger partial charge in [0.15, 0.2) is 5.82 Å². The number of ether oxygens (including phenoxy) is 1. The maximum Gasteiger partial charge on any atom is 0.438 e. The fraction of sp³-hybridized carbons (Fsp3) is 0.348. The van der Waals surface area contributed by atoms with Crippen molar-refractivity contribution in [2.24, 2.45) is 13.0 Å². The first-order chi connectivity index (χ1) is 29.9. The Bertz CT molecular complexity index is 3220. The van der Waals surface area contributed by atoms with E-state index in [9.17, 15) is 9.59 Å². The predicted octanol–water partition coefficient (Wildman–Crippen LogP) is 6.66. The Balaban J connectivity index is 1.06. The third-order valence-corrected chi connectivity index (χ3v) is 13.6. The zero-order valence-corrected chi connectivity index (χ0v) is 35.1. The van der Waals surface area contributed by atoms with E-state index in [4.69, 9.17) is 14.4 Å². The fourth-order valence-corrected chi connectivity index (χ4v) is 10.3. The molecule has 15 nitrogen and oxygen atoms in total. The first-order valence-corrected chi connectivity index (χ1v) is 21.1. The number of hydrogen-bond donors (Lipinski definition) is 1. The van der Waals surface area contributed by atoms with E-state index in [1.54, 1.807) is 58.4 Å². The van der Waals surface area contributed by atoms with Crippen molar-refractivity contribution in [1.82, 2.24) is 48.3 Å². The van der Waals surface area contributed by atoms with Crippen LogP contribution in [-0.4, -0.2) is 74.0 Å². The SMILES string of the molecule is Cc1cc(-c2nn3c(c2-n2ccn(-c4ccc5c(cnn5C)c4)c2=O)C(C)N(C(=O)c2cc4cc(C5CCOCC5)ccc4n2C2(c4noc(=O)[nH]4)CC2C)CC3)cc(C)c1F. The molecule has 3 aromatic carbocycles. The summed E-state index contributed by atoms with van der Waals surface area (Å²) in [5.74, 6) is -0.411. The molecule has 1 amide bonds. The van der Waals surface area contributed by atoms with Gasteiger partial charge in [0, 0.05) is 61.1 Å². The van der Waals surface area contributed by atoms with E-state index in [0.29, 0.717) is 89.6 Å². The van der Waals surface area contributed by atoms with E-state index in [-0.39, 0.29) is 23.3 Å². The average Bonchev–Trinajstić information content (AvgIpc) is 3.90. The molecule has 2 aliphatic heterocycles. The number of rotatable bonds is 7. The van der Waals surface area contributed by atoms with Gasteiger partial charge in [0.1, 0.15) is 28.4 Å². The van der Waals surface area contributed by atoms with Crippen molar-refractivity contribution < 1.29 is 18.4 Å². The van der Waals surface area contributed by atoms with Gasteiger partial charge >= 0.3 is 11.4 Å². The normalized spacial score (nSPS) is 20.4. The smallest absolute Gasteiger partial charge is 0.381 e. The van der Waals surface area contributed by atoms with Gasteiger partial charge in [-0.15, -0.1) is 0 Å². The average molecular weight is 837 g/mol. The molecule has 0 bridgehead atoms. The van der Waals surface area contributed by atoms with Gasteiger partial charge in [0.05, 0.1) is 35.7 Å². The largest absolute Gasteiger partial charge is 0.438 e. The van der Waals surface area contributed by atoms with Crippen molar-refractivity contribution in [3.63, 3.8) is 0 Å². The summed E-state index contributed by atoms with van der Waals surface area (Å²) in [7, 11) is 1.87. The molecule has 3 unspecified atom stereocenters. The highest BCUT2D eigenvalue weighted by atomic mass is 19.1. The second kappa shape index (κ2) is 13.9. The van der Waals surface area contributed by atoms with Crippen molar-refractivity contribution in [2.75, 3.05) is 19.8 Å². The predicted molar refractivity (Wildman–Crippen MR) is 228 cm³/mol.